The molecule has 2 N–H and O–H groups in total. The zero-order chi connectivity index (χ0) is 23.3. The molecule has 1 aromatic heterocycles. The van der Waals surface area contributed by atoms with Gasteiger partial charge in [0.2, 0.25) is 0 Å². The van der Waals surface area contributed by atoms with Crippen LogP contribution in [0.5, 0.6) is 0 Å². The largest absolute Gasteiger partial charge is 0.417 e. The first-order chi connectivity index (χ1) is 15.9. The molecule has 0 atom stereocenters. The van der Waals surface area contributed by atoms with Gasteiger partial charge in [0, 0.05) is 38.4 Å². The number of likely N-dealkylation sites (tertiary alicyclic amines) is 1. The highest BCUT2D eigenvalue weighted by Crippen LogP contribution is 2.29. The molecule has 33 heavy (non-hydrogen) atoms. The number of aromatic nitrogens is 1. The van der Waals surface area contributed by atoms with Crippen LogP contribution in [0.1, 0.15) is 42.4 Å². The Bertz CT molecular complexity index is 920. The average Bonchev–Trinajstić information content (AvgIpc) is 3.32. The van der Waals surface area contributed by atoms with Gasteiger partial charge >= 0.3 is 12.2 Å². The van der Waals surface area contributed by atoms with E-state index in [1.54, 1.807) is 0 Å². The number of hydrogen-bond acceptors (Lipinski definition) is 4. The van der Waals surface area contributed by atoms with Gasteiger partial charge in [0.1, 0.15) is 5.82 Å². The summed E-state index contributed by atoms with van der Waals surface area (Å²) in [6.45, 7) is 4.90. The Labute approximate surface area is 192 Å². The second-order valence-corrected chi connectivity index (χ2v) is 8.74. The highest BCUT2D eigenvalue weighted by Gasteiger charge is 2.31. The Morgan fingerprint density at radius 2 is 1.70 bits per heavy atom. The molecule has 0 saturated carbocycles. The van der Waals surface area contributed by atoms with Crippen LogP contribution < -0.4 is 15.5 Å². The van der Waals surface area contributed by atoms with Crippen LogP contribution >= 0.6 is 0 Å². The van der Waals surface area contributed by atoms with Crippen molar-refractivity contribution in [2.45, 2.75) is 51.0 Å². The van der Waals surface area contributed by atoms with E-state index in [1.165, 1.54) is 24.5 Å². The van der Waals surface area contributed by atoms with E-state index in [9.17, 15) is 18.0 Å². The summed E-state index contributed by atoms with van der Waals surface area (Å²) in [4.78, 5) is 20.8. The summed E-state index contributed by atoms with van der Waals surface area (Å²) in [5.74, 6) is 0.528. The van der Waals surface area contributed by atoms with Gasteiger partial charge in [-0.1, -0.05) is 24.3 Å². The number of alkyl halides is 3. The first-order valence-electron chi connectivity index (χ1n) is 11.5. The van der Waals surface area contributed by atoms with E-state index in [0.717, 1.165) is 37.5 Å². The molecule has 2 aromatic rings. The zero-order valence-corrected chi connectivity index (χ0v) is 18.6. The van der Waals surface area contributed by atoms with Crippen LogP contribution in [0.15, 0.2) is 42.6 Å². The molecule has 2 amide bonds. The summed E-state index contributed by atoms with van der Waals surface area (Å²) in [5.41, 5.74) is 1.63. The molecule has 3 heterocycles. The van der Waals surface area contributed by atoms with Gasteiger partial charge < -0.3 is 15.5 Å². The third-order valence-electron chi connectivity index (χ3n) is 6.38. The van der Waals surface area contributed by atoms with Gasteiger partial charge in [-0.25, -0.2) is 9.78 Å². The van der Waals surface area contributed by atoms with Crippen LogP contribution in [-0.2, 0) is 19.3 Å². The van der Waals surface area contributed by atoms with Crippen LogP contribution in [0.3, 0.4) is 0 Å². The SMILES string of the molecule is O=C(NCc1ccccc1CN1CCCC1)NC1CCN(c2ccc(C(F)(F)F)cn2)CC1. The Hall–Kier alpha value is -2.81. The van der Waals surface area contributed by atoms with Crippen molar-refractivity contribution in [2.75, 3.05) is 31.1 Å². The molecule has 0 spiro atoms. The van der Waals surface area contributed by atoms with Gasteiger partial charge in [-0.2, -0.15) is 13.2 Å². The number of benzene rings is 1. The number of rotatable bonds is 6. The predicted molar refractivity (Wildman–Crippen MR) is 121 cm³/mol. The molecule has 2 fully saturated rings. The Morgan fingerprint density at radius 1 is 1.00 bits per heavy atom. The molecule has 0 radical (unpaired) electrons. The normalized spacial score (nSPS) is 17.8. The van der Waals surface area contributed by atoms with E-state index in [0.29, 0.717) is 38.3 Å². The average molecular weight is 462 g/mol. The quantitative estimate of drug-likeness (QED) is 0.678. The number of anilines is 1. The lowest BCUT2D eigenvalue weighted by atomic mass is 10.1. The van der Waals surface area contributed by atoms with Gasteiger partial charge in [-0.05, 0) is 62.0 Å². The lowest BCUT2D eigenvalue weighted by Crippen LogP contribution is -2.48. The first-order valence-corrected chi connectivity index (χ1v) is 11.5. The number of nitrogens with one attached hydrogen (secondary N) is 2. The molecule has 2 saturated heterocycles. The van der Waals surface area contributed by atoms with E-state index >= 15 is 0 Å². The lowest BCUT2D eigenvalue weighted by Gasteiger charge is -2.33. The monoisotopic (exact) mass is 461 g/mol. The minimum atomic E-state index is -4.38. The van der Waals surface area contributed by atoms with E-state index in [4.69, 9.17) is 0 Å². The van der Waals surface area contributed by atoms with Crippen molar-refractivity contribution >= 4 is 11.8 Å². The number of piperidine rings is 1. The number of halogens is 3. The molecular formula is C24H30F3N5O. The number of pyridine rings is 1. The molecule has 1 aromatic carbocycles. The maximum Gasteiger partial charge on any atom is 0.417 e. The minimum absolute atomic E-state index is 0.0237. The van der Waals surface area contributed by atoms with Crippen LogP contribution in [0, 0.1) is 0 Å². The molecule has 4 rings (SSSR count). The fourth-order valence-corrected chi connectivity index (χ4v) is 4.47. The zero-order valence-electron chi connectivity index (χ0n) is 18.6. The standard InChI is InChI=1S/C24H30F3N5O/c25-24(26,27)20-7-8-22(28-16-20)32-13-9-21(10-14-32)30-23(33)29-15-18-5-1-2-6-19(18)17-31-11-3-4-12-31/h1-2,5-8,16,21H,3-4,9-15,17H2,(H2,29,30,33). The molecular weight excluding hydrogens is 431 g/mol. The maximum absolute atomic E-state index is 12.7. The number of carbonyl (C=O) groups excluding carboxylic acids is 1. The van der Waals surface area contributed by atoms with Crippen LogP contribution in [0.2, 0.25) is 0 Å². The summed E-state index contributed by atoms with van der Waals surface area (Å²) in [6.07, 6.45) is 0.398. The minimum Gasteiger partial charge on any atom is -0.356 e. The smallest absolute Gasteiger partial charge is 0.356 e. The molecule has 2 aliphatic rings. The van der Waals surface area contributed by atoms with Gasteiger partial charge in [0.15, 0.2) is 0 Å². The van der Waals surface area contributed by atoms with Gasteiger partial charge in [-0.3, -0.25) is 4.90 Å². The molecule has 2 aliphatic heterocycles. The topological polar surface area (TPSA) is 60.5 Å². The highest BCUT2D eigenvalue weighted by atomic mass is 19.4. The van der Waals surface area contributed by atoms with Crippen LogP contribution in [0.4, 0.5) is 23.8 Å². The second-order valence-electron chi connectivity index (χ2n) is 8.74. The third-order valence-corrected chi connectivity index (χ3v) is 6.38. The van der Waals surface area contributed by atoms with Crippen molar-refractivity contribution in [3.8, 4) is 0 Å². The Balaban J connectivity index is 1.22. The summed E-state index contributed by atoms with van der Waals surface area (Å²) < 4.78 is 38.2. The maximum atomic E-state index is 12.7. The molecule has 0 bridgehead atoms. The number of carbonyl (C=O) groups is 1. The van der Waals surface area contributed by atoms with E-state index < -0.39 is 11.7 Å². The molecule has 6 nitrogen and oxygen atoms in total. The van der Waals surface area contributed by atoms with Crippen molar-refractivity contribution in [1.82, 2.24) is 20.5 Å². The van der Waals surface area contributed by atoms with E-state index in [-0.39, 0.29) is 12.1 Å². The van der Waals surface area contributed by atoms with Crippen molar-refractivity contribution in [1.29, 1.82) is 0 Å². The predicted octanol–water partition coefficient (Wildman–Crippen LogP) is 4.16. The second kappa shape index (κ2) is 10.4. The molecule has 0 unspecified atom stereocenters. The number of urea groups is 1. The first kappa shape index (κ1) is 23.4. The number of hydrogen-bond donors (Lipinski definition) is 2. The fourth-order valence-electron chi connectivity index (χ4n) is 4.47. The van der Waals surface area contributed by atoms with Gasteiger partial charge in [0.05, 0.1) is 5.56 Å². The number of amides is 2. The van der Waals surface area contributed by atoms with E-state index in [2.05, 4.69) is 32.7 Å². The van der Waals surface area contributed by atoms with Crippen molar-refractivity contribution in [2.24, 2.45) is 0 Å². The third kappa shape index (κ3) is 6.37. The van der Waals surface area contributed by atoms with E-state index in [1.807, 2.05) is 17.0 Å². The lowest BCUT2D eigenvalue weighted by molar-refractivity contribution is -0.137. The number of nitrogens with zero attached hydrogens (tertiary/aromatic N) is 3. The van der Waals surface area contributed by atoms with Crippen molar-refractivity contribution in [3.05, 3.63) is 59.3 Å². The van der Waals surface area contributed by atoms with Crippen molar-refractivity contribution < 1.29 is 18.0 Å². The summed E-state index contributed by atoms with van der Waals surface area (Å²) >= 11 is 0. The van der Waals surface area contributed by atoms with Crippen LogP contribution in [0.25, 0.3) is 0 Å². The Morgan fingerprint density at radius 3 is 2.33 bits per heavy atom. The molecule has 9 heteroatoms. The molecule has 0 aliphatic carbocycles. The Kier molecular flexibility index (Phi) is 7.37. The molecule has 178 valence electrons. The van der Waals surface area contributed by atoms with Gasteiger partial charge in [-0.15, -0.1) is 0 Å². The highest BCUT2D eigenvalue weighted by molar-refractivity contribution is 5.74. The van der Waals surface area contributed by atoms with Crippen molar-refractivity contribution in [3.63, 3.8) is 0 Å². The summed E-state index contributed by atoms with van der Waals surface area (Å²) in [5, 5.41) is 6.00. The summed E-state index contributed by atoms with van der Waals surface area (Å²) in [6, 6.07) is 10.5. The van der Waals surface area contributed by atoms with Gasteiger partial charge in [0.25, 0.3) is 0 Å². The van der Waals surface area contributed by atoms with Crippen LogP contribution in [-0.4, -0.2) is 48.1 Å². The summed E-state index contributed by atoms with van der Waals surface area (Å²) in [7, 11) is 0. The fraction of sp³-hybridized carbons (Fsp3) is 0.500.